The molecule has 1 atom stereocenters. The number of nitrogens with two attached hydrogens (primary N) is 1. The summed E-state index contributed by atoms with van der Waals surface area (Å²) in [4.78, 5) is 0. The molecule has 0 amide bonds. The molecule has 2 aromatic rings. The molecule has 0 heterocycles. The lowest BCUT2D eigenvalue weighted by Gasteiger charge is -2.14. The quantitative estimate of drug-likeness (QED) is 0.563. The molecule has 0 aliphatic heterocycles. The minimum atomic E-state index is -0.876. The first-order valence-electron chi connectivity index (χ1n) is 5.21. The van der Waals surface area contributed by atoms with Gasteiger partial charge in [-0.25, -0.2) is 4.39 Å². The molecular weight excluding hydrogens is 219 g/mol. The Morgan fingerprint density at radius 3 is 2.18 bits per heavy atom. The van der Waals surface area contributed by atoms with Crippen molar-refractivity contribution in [3.63, 3.8) is 0 Å². The Morgan fingerprint density at radius 2 is 1.59 bits per heavy atom. The second kappa shape index (κ2) is 4.84. The van der Waals surface area contributed by atoms with Crippen molar-refractivity contribution >= 4 is 11.4 Å². The van der Waals surface area contributed by atoms with Crippen LogP contribution in [0.4, 0.5) is 15.8 Å². The van der Waals surface area contributed by atoms with Crippen molar-refractivity contribution in [2.45, 2.75) is 6.23 Å². The maximum Gasteiger partial charge on any atom is 0.150 e. The maximum absolute atomic E-state index is 12.7. The van der Waals surface area contributed by atoms with E-state index in [0.29, 0.717) is 11.3 Å². The zero-order valence-corrected chi connectivity index (χ0v) is 9.10. The second-order valence-corrected chi connectivity index (χ2v) is 3.72. The van der Waals surface area contributed by atoms with Crippen molar-refractivity contribution in [3.05, 3.63) is 59.9 Å². The first kappa shape index (κ1) is 11.4. The highest BCUT2D eigenvalue weighted by molar-refractivity contribution is 5.51. The number of halogens is 1. The van der Waals surface area contributed by atoms with Crippen LogP contribution in [0.2, 0.25) is 0 Å². The number of anilines is 2. The van der Waals surface area contributed by atoms with Crippen LogP contribution in [0.15, 0.2) is 48.5 Å². The summed E-state index contributed by atoms with van der Waals surface area (Å²) in [6, 6.07) is 12.7. The maximum atomic E-state index is 12.7. The van der Waals surface area contributed by atoms with E-state index in [-0.39, 0.29) is 5.82 Å². The largest absolute Gasteiger partial charge is 0.399 e. The SMILES string of the molecule is Nc1ccc(NC(O)c2ccc(F)cc2)cc1. The lowest BCUT2D eigenvalue weighted by Crippen LogP contribution is -2.09. The highest BCUT2D eigenvalue weighted by Gasteiger charge is 2.06. The van der Waals surface area contributed by atoms with Gasteiger partial charge in [0.2, 0.25) is 0 Å². The Morgan fingerprint density at radius 1 is 1.00 bits per heavy atom. The number of hydrogen-bond donors (Lipinski definition) is 3. The van der Waals surface area contributed by atoms with Gasteiger partial charge in [-0.2, -0.15) is 0 Å². The summed E-state index contributed by atoms with van der Waals surface area (Å²) in [6.45, 7) is 0. The normalized spacial score (nSPS) is 12.1. The van der Waals surface area contributed by atoms with Crippen LogP contribution >= 0.6 is 0 Å². The summed E-state index contributed by atoms with van der Waals surface area (Å²) in [5.74, 6) is -0.326. The van der Waals surface area contributed by atoms with Gasteiger partial charge in [0.25, 0.3) is 0 Å². The standard InChI is InChI=1S/C13H13FN2O/c14-10-3-1-9(2-4-10)13(17)16-12-7-5-11(15)6-8-12/h1-8,13,16-17H,15H2. The van der Waals surface area contributed by atoms with Crippen molar-refractivity contribution in [3.8, 4) is 0 Å². The van der Waals surface area contributed by atoms with E-state index in [1.54, 1.807) is 24.3 Å². The third-order valence-corrected chi connectivity index (χ3v) is 2.40. The average molecular weight is 232 g/mol. The Kier molecular flexibility index (Phi) is 3.25. The lowest BCUT2D eigenvalue weighted by molar-refractivity contribution is 0.208. The van der Waals surface area contributed by atoms with E-state index < -0.39 is 6.23 Å². The summed E-state index contributed by atoms with van der Waals surface area (Å²) < 4.78 is 12.7. The Balaban J connectivity index is 2.08. The first-order chi connectivity index (χ1) is 8.15. The predicted molar refractivity (Wildman–Crippen MR) is 65.8 cm³/mol. The molecule has 17 heavy (non-hydrogen) atoms. The van der Waals surface area contributed by atoms with Crippen LogP contribution in [-0.4, -0.2) is 5.11 Å². The van der Waals surface area contributed by atoms with Crippen LogP contribution in [0.5, 0.6) is 0 Å². The smallest absolute Gasteiger partial charge is 0.150 e. The van der Waals surface area contributed by atoms with Crippen molar-refractivity contribution < 1.29 is 9.50 Å². The van der Waals surface area contributed by atoms with Gasteiger partial charge < -0.3 is 16.2 Å². The zero-order valence-electron chi connectivity index (χ0n) is 9.10. The van der Waals surface area contributed by atoms with Gasteiger partial charge in [0.15, 0.2) is 6.23 Å². The summed E-state index contributed by atoms with van der Waals surface area (Å²) >= 11 is 0. The van der Waals surface area contributed by atoms with E-state index in [2.05, 4.69) is 5.32 Å². The van der Waals surface area contributed by atoms with Crippen LogP contribution < -0.4 is 11.1 Å². The van der Waals surface area contributed by atoms with Crippen LogP contribution in [-0.2, 0) is 0 Å². The van der Waals surface area contributed by atoms with E-state index in [0.717, 1.165) is 5.69 Å². The molecule has 3 nitrogen and oxygen atoms in total. The molecule has 2 aromatic carbocycles. The van der Waals surface area contributed by atoms with Gasteiger partial charge in [0, 0.05) is 16.9 Å². The average Bonchev–Trinajstić information content (AvgIpc) is 2.33. The molecule has 0 saturated carbocycles. The van der Waals surface area contributed by atoms with Crippen molar-refractivity contribution in [1.29, 1.82) is 0 Å². The van der Waals surface area contributed by atoms with Gasteiger partial charge in [-0.3, -0.25) is 0 Å². The molecule has 4 heteroatoms. The molecule has 2 rings (SSSR count). The number of hydrogen-bond acceptors (Lipinski definition) is 3. The minimum Gasteiger partial charge on any atom is -0.399 e. The van der Waals surface area contributed by atoms with E-state index >= 15 is 0 Å². The fourth-order valence-corrected chi connectivity index (χ4v) is 1.47. The highest BCUT2D eigenvalue weighted by atomic mass is 19.1. The number of rotatable bonds is 3. The fourth-order valence-electron chi connectivity index (χ4n) is 1.47. The first-order valence-corrected chi connectivity index (χ1v) is 5.21. The molecular formula is C13H13FN2O. The molecule has 1 unspecified atom stereocenters. The Bertz CT molecular complexity index is 482. The van der Waals surface area contributed by atoms with E-state index in [1.165, 1.54) is 24.3 Å². The Labute approximate surface area is 98.7 Å². The Hall–Kier alpha value is -2.07. The number of aliphatic hydroxyl groups is 1. The zero-order chi connectivity index (χ0) is 12.3. The highest BCUT2D eigenvalue weighted by Crippen LogP contribution is 2.18. The van der Waals surface area contributed by atoms with Gasteiger partial charge in [-0.05, 0) is 36.4 Å². The summed E-state index contributed by atoms with van der Waals surface area (Å²) in [6.07, 6.45) is -0.876. The topological polar surface area (TPSA) is 58.3 Å². The molecule has 0 fully saturated rings. The molecule has 4 N–H and O–H groups in total. The van der Waals surface area contributed by atoms with Crippen LogP contribution in [0, 0.1) is 5.82 Å². The van der Waals surface area contributed by atoms with Crippen molar-refractivity contribution in [2.24, 2.45) is 0 Å². The molecule has 0 radical (unpaired) electrons. The molecule has 0 aliphatic rings. The number of nitrogen functional groups attached to an aromatic ring is 1. The third kappa shape index (κ3) is 2.95. The summed E-state index contributed by atoms with van der Waals surface area (Å²) in [5, 5.41) is 12.8. The number of nitrogens with one attached hydrogen (secondary N) is 1. The van der Waals surface area contributed by atoms with Gasteiger partial charge in [-0.15, -0.1) is 0 Å². The molecule has 88 valence electrons. The van der Waals surface area contributed by atoms with Gasteiger partial charge >= 0.3 is 0 Å². The molecule has 0 aliphatic carbocycles. The van der Waals surface area contributed by atoms with Crippen LogP contribution in [0.3, 0.4) is 0 Å². The molecule has 0 bridgehead atoms. The number of aliphatic hydroxyl groups excluding tert-OH is 1. The predicted octanol–water partition coefficient (Wildman–Crippen LogP) is 2.51. The second-order valence-electron chi connectivity index (χ2n) is 3.72. The van der Waals surface area contributed by atoms with E-state index in [1.807, 2.05) is 0 Å². The molecule has 0 saturated heterocycles. The van der Waals surface area contributed by atoms with Crippen LogP contribution in [0.1, 0.15) is 11.8 Å². The third-order valence-electron chi connectivity index (χ3n) is 2.40. The van der Waals surface area contributed by atoms with Crippen LogP contribution in [0.25, 0.3) is 0 Å². The molecule has 0 aromatic heterocycles. The van der Waals surface area contributed by atoms with Crippen molar-refractivity contribution in [1.82, 2.24) is 0 Å². The molecule has 0 spiro atoms. The van der Waals surface area contributed by atoms with Gasteiger partial charge in [-0.1, -0.05) is 12.1 Å². The monoisotopic (exact) mass is 232 g/mol. The summed E-state index contributed by atoms with van der Waals surface area (Å²) in [5.41, 5.74) is 7.56. The number of benzene rings is 2. The summed E-state index contributed by atoms with van der Waals surface area (Å²) in [7, 11) is 0. The minimum absolute atomic E-state index is 0.326. The van der Waals surface area contributed by atoms with Gasteiger partial charge in [0.1, 0.15) is 5.82 Å². The fraction of sp³-hybridized carbons (Fsp3) is 0.0769. The lowest BCUT2D eigenvalue weighted by atomic mass is 10.2. The van der Waals surface area contributed by atoms with Crippen molar-refractivity contribution in [2.75, 3.05) is 11.1 Å². The van der Waals surface area contributed by atoms with E-state index in [4.69, 9.17) is 5.73 Å². The van der Waals surface area contributed by atoms with E-state index in [9.17, 15) is 9.50 Å². The van der Waals surface area contributed by atoms with Gasteiger partial charge in [0.05, 0.1) is 0 Å².